The average molecular weight is 1060 g/mol. The third kappa shape index (κ3) is 60.9. The van der Waals surface area contributed by atoms with Gasteiger partial charge in [-0.15, -0.1) is 0 Å². The predicted octanol–water partition coefficient (Wildman–Crippen LogP) is 21.8. The van der Waals surface area contributed by atoms with Crippen molar-refractivity contribution in [1.29, 1.82) is 0 Å². The number of hydrogen-bond acceptors (Lipinski definition) is 6. The molecule has 0 heterocycles. The van der Waals surface area contributed by atoms with E-state index in [-0.39, 0.29) is 31.1 Å². The summed E-state index contributed by atoms with van der Waals surface area (Å²) in [5, 5.41) is 0. The van der Waals surface area contributed by atoms with Crippen molar-refractivity contribution >= 4 is 17.9 Å². The van der Waals surface area contributed by atoms with Gasteiger partial charge in [-0.1, -0.05) is 278 Å². The standard InChI is InChI=1S/C70H118O6/c1-4-7-10-13-16-19-22-25-28-29-30-31-32-33-34-35-36-37-38-39-40-41-43-45-48-51-54-57-60-63-69(72)75-66-67(65-74-68(71)62-59-56-53-50-47-44-27-24-21-18-15-12-9-6-3)76-70(73)64-61-58-55-52-49-46-42-26-23-20-17-14-11-8-5-2/h7,10,16,19,25-26,28,30-31,33-34,36-37,39-40,42-43,45,67H,4-6,8-9,11-15,17-18,20-24,27,29,32,35,38,41,44,46-66H2,1-3H3/b10-7-,19-16-,28-25-,31-30-,34-33-,37-36-,40-39-,42-26-,45-43-. The van der Waals surface area contributed by atoms with Crippen LogP contribution in [0.25, 0.3) is 0 Å². The smallest absolute Gasteiger partial charge is 0.306 e. The van der Waals surface area contributed by atoms with Crippen molar-refractivity contribution in [2.45, 2.75) is 303 Å². The molecule has 1 atom stereocenters. The zero-order valence-corrected chi connectivity index (χ0v) is 49.7. The Hall–Kier alpha value is -3.93. The van der Waals surface area contributed by atoms with Crippen molar-refractivity contribution in [1.82, 2.24) is 0 Å². The molecule has 76 heavy (non-hydrogen) atoms. The molecule has 6 heteroatoms. The lowest BCUT2D eigenvalue weighted by Gasteiger charge is -2.18. The van der Waals surface area contributed by atoms with Crippen molar-refractivity contribution < 1.29 is 28.6 Å². The maximum absolute atomic E-state index is 12.9. The molecule has 0 aromatic carbocycles. The average Bonchev–Trinajstić information content (AvgIpc) is 3.42. The number of esters is 3. The molecule has 1 unspecified atom stereocenters. The summed E-state index contributed by atoms with van der Waals surface area (Å²) in [6.07, 6.45) is 86.6. The summed E-state index contributed by atoms with van der Waals surface area (Å²) in [4.78, 5) is 38.3. The van der Waals surface area contributed by atoms with Gasteiger partial charge in [-0.05, 0) is 109 Å². The molecule has 0 aromatic rings. The molecule has 0 spiro atoms. The lowest BCUT2D eigenvalue weighted by Crippen LogP contribution is -2.30. The fourth-order valence-corrected chi connectivity index (χ4v) is 8.75. The Bertz CT molecular complexity index is 1540. The molecule has 0 aliphatic rings. The Kier molecular flexibility index (Phi) is 60.3. The molecule has 0 amide bonds. The van der Waals surface area contributed by atoms with Crippen LogP contribution in [0.5, 0.6) is 0 Å². The molecule has 0 fully saturated rings. The second kappa shape index (κ2) is 63.6. The Balaban J connectivity index is 4.37. The van der Waals surface area contributed by atoms with Crippen LogP contribution in [0.3, 0.4) is 0 Å². The second-order valence-electron chi connectivity index (χ2n) is 20.9. The number of rotatable bonds is 57. The first-order chi connectivity index (χ1) is 37.5. The van der Waals surface area contributed by atoms with Gasteiger partial charge in [-0.3, -0.25) is 14.4 Å². The molecule has 0 saturated carbocycles. The molecule has 0 aliphatic heterocycles. The van der Waals surface area contributed by atoms with E-state index in [0.29, 0.717) is 19.3 Å². The molecule has 0 rings (SSSR count). The normalized spacial score (nSPS) is 12.8. The zero-order valence-electron chi connectivity index (χ0n) is 49.7. The van der Waals surface area contributed by atoms with Crippen LogP contribution in [0, 0.1) is 0 Å². The second-order valence-corrected chi connectivity index (χ2v) is 20.9. The van der Waals surface area contributed by atoms with Gasteiger partial charge in [-0.25, -0.2) is 0 Å². The number of ether oxygens (including phenoxy) is 3. The molecule has 0 N–H and O–H groups in total. The molecule has 0 bridgehead atoms. The third-order valence-electron chi connectivity index (χ3n) is 13.5. The summed E-state index contributed by atoms with van der Waals surface area (Å²) in [7, 11) is 0. The zero-order chi connectivity index (χ0) is 55.0. The molecule has 0 saturated heterocycles. The quantitative estimate of drug-likeness (QED) is 0.0261. The maximum Gasteiger partial charge on any atom is 0.306 e. The van der Waals surface area contributed by atoms with Crippen LogP contribution < -0.4 is 0 Å². The third-order valence-corrected chi connectivity index (χ3v) is 13.5. The fourth-order valence-electron chi connectivity index (χ4n) is 8.75. The Morgan fingerprint density at radius 3 is 0.816 bits per heavy atom. The van der Waals surface area contributed by atoms with E-state index in [4.69, 9.17) is 14.2 Å². The fraction of sp³-hybridized carbons (Fsp3) is 0.700. The number of hydrogen-bond donors (Lipinski definition) is 0. The van der Waals surface area contributed by atoms with Crippen LogP contribution in [0.1, 0.15) is 297 Å². The van der Waals surface area contributed by atoms with Gasteiger partial charge in [0.05, 0.1) is 0 Å². The highest BCUT2D eigenvalue weighted by Gasteiger charge is 2.19. The van der Waals surface area contributed by atoms with Crippen LogP contribution >= 0.6 is 0 Å². The number of carbonyl (C=O) groups excluding carboxylic acids is 3. The van der Waals surface area contributed by atoms with Gasteiger partial charge in [0.1, 0.15) is 13.2 Å². The van der Waals surface area contributed by atoms with E-state index < -0.39 is 6.10 Å². The SMILES string of the molecule is CC/C=C\C/C=C\C/C=C\C/C=C\C/C=C\C/C=C\C/C=C\C/C=C\CCCCCCC(=O)OCC(COC(=O)CCCCCCCCCCCCCCCC)OC(=O)CCCCCCC/C=C\CCCCCCCC. The van der Waals surface area contributed by atoms with Crippen molar-refractivity contribution in [3.63, 3.8) is 0 Å². The molecule has 0 aliphatic carbocycles. The van der Waals surface area contributed by atoms with Crippen LogP contribution in [-0.2, 0) is 28.6 Å². The van der Waals surface area contributed by atoms with Crippen LogP contribution in [0.4, 0.5) is 0 Å². The first-order valence-electron chi connectivity index (χ1n) is 31.9. The Labute approximate surface area is 470 Å². The van der Waals surface area contributed by atoms with Crippen molar-refractivity contribution in [2.75, 3.05) is 13.2 Å². The minimum Gasteiger partial charge on any atom is -0.462 e. The lowest BCUT2D eigenvalue weighted by atomic mass is 10.0. The molecule has 6 nitrogen and oxygen atoms in total. The van der Waals surface area contributed by atoms with E-state index in [9.17, 15) is 14.4 Å². The van der Waals surface area contributed by atoms with Crippen LogP contribution in [0.15, 0.2) is 109 Å². The van der Waals surface area contributed by atoms with E-state index in [2.05, 4.69) is 130 Å². The Morgan fingerprint density at radius 1 is 0.276 bits per heavy atom. The predicted molar refractivity (Wildman–Crippen MR) is 330 cm³/mol. The summed E-state index contributed by atoms with van der Waals surface area (Å²) >= 11 is 0. The summed E-state index contributed by atoms with van der Waals surface area (Å²) in [5.74, 6) is -0.915. The molecule has 434 valence electrons. The van der Waals surface area contributed by atoms with Gasteiger partial charge in [-0.2, -0.15) is 0 Å². The van der Waals surface area contributed by atoms with Crippen molar-refractivity contribution in [3.05, 3.63) is 109 Å². The van der Waals surface area contributed by atoms with Gasteiger partial charge in [0.2, 0.25) is 0 Å². The molecule has 0 aromatic heterocycles. The van der Waals surface area contributed by atoms with Gasteiger partial charge in [0.25, 0.3) is 0 Å². The first-order valence-corrected chi connectivity index (χ1v) is 31.9. The maximum atomic E-state index is 12.9. The monoisotopic (exact) mass is 1050 g/mol. The van der Waals surface area contributed by atoms with Gasteiger partial charge >= 0.3 is 17.9 Å². The minimum atomic E-state index is -0.793. The topological polar surface area (TPSA) is 78.9 Å². The highest BCUT2D eigenvalue weighted by Crippen LogP contribution is 2.16. The minimum absolute atomic E-state index is 0.0877. The number of carbonyl (C=O) groups is 3. The molecular formula is C70H118O6. The van der Waals surface area contributed by atoms with Crippen molar-refractivity contribution in [3.8, 4) is 0 Å². The molecular weight excluding hydrogens is 937 g/mol. The van der Waals surface area contributed by atoms with Crippen LogP contribution in [-0.4, -0.2) is 37.2 Å². The van der Waals surface area contributed by atoms with E-state index in [1.165, 1.54) is 122 Å². The van der Waals surface area contributed by atoms with E-state index in [1.54, 1.807) is 0 Å². The highest BCUT2D eigenvalue weighted by atomic mass is 16.6. The lowest BCUT2D eigenvalue weighted by molar-refractivity contribution is -0.167. The summed E-state index contributed by atoms with van der Waals surface area (Å²) in [5.41, 5.74) is 0. The van der Waals surface area contributed by atoms with E-state index in [1.807, 2.05) is 0 Å². The van der Waals surface area contributed by atoms with Crippen LogP contribution in [0.2, 0.25) is 0 Å². The van der Waals surface area contributed by atoms with Gasteiger partial charge < -0.3 is 14.2 Å². The van der Waals surface area contributed by atoms with E-state index >= 15 is 0 Å². The largest absolute Gasteiger partial charge is 0.462 e. The first kappa shape index (κ1) is 72.1. The van der Waals surface area contributed by atoms with E-state index in [0.717, 1.165) is 135 Å². The number of unbranched alkanes of at least 4 members (excludes halogenated alkanes) is 28. The van der Waals surface area contributed by atoms with Gasteiger partial charge in [0.15, 0.2) is 6.10 Å². The Morgan fingerprint density at radius 2 is 0.513 bits per heavy atom. The van der Waals surface area contributed by atoms with Gasteiger partial charge in [0, 0.05) is 19.3 Å². The van der Waals surface area contributed by atoms with Crippen molar-refractivity contribution in [2.24, 2.45) is 0 Å². The summed E-state index contributed by atoms with van der Waals surface area (Å²) in [6, 6.07) is 0. The summed E-state index contributed by atoms with van der Waals surface area (Å²) in [6.45, 7) is 6.51. The number of allylic oxidation sites excluding steroid dienone is 18. The molecule has 0 radical (unpaired) electrons. The summed E-state index contributed by atoms with van der Waals surface area (Å²) < 4.78 is 16.9. The highest BCUT2D eigenvalue weighted by molar-refractivity contribution is 5.71.